The maximum atomic E-state index is 11.2. The molecule has 0 spiro atoms. The molecule has 4 nitrogen and oxygen atoms in total. The Morgan fingerprint density at radius 2 is 2.05 bits per heavy atom. The molecule has 116 valence electrons. The Morgan fingerprint density at radius 1 is 1.45 bits per heavy atom. The standard InChI is InChI=1S/C15H19NO3S2.Na.H/c1-9-6-11(7-10(2)13(9)17)8-21-15(20)16-5-3-4-12(16)14(18)19;;/h6-7,12,17H,3-5,8H2,1-2H3,(H,18,19);;/q;+1;-1. The molecule has 0 aromatic heterocycles. The third kappa shape index (κ3) is 4.61. The number of carbonyl (C=O) groups is 1. The van der Waals surface area contributed by atoms with Crippen LogP contribution in [0.5, 0.6) is 5.75 Å². The number of phenolic OH excluding ortho intramolecular Hbond substituents is 1. The molecule has 0 radical (unpaired) electrons. The van der Waals surface area contributed by atoms with Gasteiger partial charge in [0.25, 0.3) is 0 Å². The van der Waals surface area contributed by atoms with Gasteiger partial charge in [0.1, 0.15) is 16.1 Å². The topological polar surface area (TPSA) is 60.8 Å². The van der Waals surface area contributed by atoms with Gasteiger partial charge < -0.3 is 16.5 Å². The van der Waals surface area contributed by atoms with Crippen molar-refractivity contribution in [1.82, 2.24) is 4.90 Å². The molecule has 0 bridgehead atoms. The van der Waals surface area contributed by atoms with Crippen LogP contribution < -0.4 is 29.6 Å². The van der Waals surface area contributed by atoms with Crippen LogP contribution in [-0.2, 0) is 10.5 Å². The van der Waals surface area contributed by atoms with E-state index in [0.717, 1.165) is 29.7 Å². The second-order valence-electron chi connectivity index (χ2n) is 5.32. The van der Waals surface area contributed by atoms with Crippen molar-refractivity contribution < 1.29 is 46.0 Å². The molecule has 0 saturated carbocycles. The Balaban J connectivity index is 0.00000242. The number of aromatic hydroxyl groups is 1. The van der Waals surface area contributed by atoms with Crippen LogP contribution in [-0.4, -0.2) is 38.0 Å². The van der Waals surface area contributed by atoms with Crippen LogP contribution in [0.3, 0.4) is 0 Å². The zero-order valence-electron chi connectivity index (χ0n) is 14.1. The molecule has 7 heteroatoms. The predicted octanol–water partition coefficient (Wildman–Crippen LogP) is 0.193. The molecule has 1 saturated heterocycles. The molecule has 1 aromatic rings. The summed E-state index contributed by atoms with van der Waals surface area (Å²) in [5.74, 6) is 0.215. The fourth-order valence-electron chi connectivity index (χ4n) is 2.60. The maximum absolute atomic E-state index is 11.2. The number of aliphatic carboxylic acids is 1. The summed E-state index contributed by atoms with van der Waals surface area (Å²) in [6.45, 7) is 4.46. The average Bonchev–Trinajstić information content (AvgIpc) is 2.91. The summed E-state index contributed by atoms with van der Waals surface area (Å²) in [4.78, 5) is 13.0. The molecular formula is C15H20NNaO3S2. The third-order valence-electron chi connectivity index (χ3n) is 3.69. The first-order valence-electron chi connectivity index (χ1n) is 6.85. The Labute approximate surface area is 164 Å². The van der Waals surface area contributed by atoms with E-state index in [1.807, 2.05) is 30.9 Å². The van der Waals surface area contributed by atoms with Crippen LogP contribution in [0.1, 0.15) is 31.0 Å². The zero-order chi connectivity index (χ0) is 15.6. The van der Waals surface area contributed by atoms with Crippen LogP contribution in [0, 0.1) is 13.8 Å². The Hall–Kier alpha value is -0.270. The second kappa shape index (κ2) is 8.55. The Kier molecular flexibility index (Phi) is 7.68. The molecule has 1 unspecified atom stereocenters. The third-order valence-corrected chi connectivity index (χ3v) is 5.23. The Morgan fingerprint density at radius 3 is 2.59 bits per heavy atom. The summed E-state index contributed by atoms with van der Waals surface area (Å²) >= 11 is 6.86. The van der Waals surface area contributed by atoms with Gasteiger partial charge in [0.05, 0.1) is 0 Å². The van der Waals surface area contributed by atoms with Crippen LogP contribution in [0.2, 0.25) is 0 Å². The van der Waals surface area contributed by atoms with Crippen molar-refractivity contribution in [3.8, 4) is 5.75 Å². The molecule has 2 rings (SSSR count). The summed E-state index contributed by atoms with van der Waals surface area (Å²) in [5, 5.41) is 19.0. The molecule has 0 amide bonds. The molecule has 2 N–H and O–H groups in total. The molecule has 0 aliphatic carbocycles. The number of aryl methyl sites for hydroxylation is 2. The van der Waals surface area contributed by atoms with E-state index in [-0.39, 0.29) is 31.0 Å². The van der Waals surface area contributed by atoms with Gasteiger partial charge in [-0.15, -0.1) is 0 Å². The SMILES string of the molecule is Cc1cc(CSC(=S)N2CCCC2C(=O)O)cc(C)c1O.[H-].[Na+]. The van der Waals surface area contributed by atoms with Crippen LogP contribution in [0.4, 0.5) is 0 Å². The van der Waals surface area contributed by atoms with Crippen LogP contribution >= 0.6 is 24.0 Å². The van der Waals surface area contributed by atoms with E-state index in [1.54, 1.807) is 0 Å². The summed E-state index contributed by atoms with van der Waals surface area (Å²) in [7, 11) is 0. The van der Waals surface area contributed by atoms with E-state index in [1.165, 1.54) is 11.8 Å². The van der Waals surface area contributed by atoms with Gasteiger partial charge in [0.2, 0.25) is 0 Å². The quantitative estimate of drug-likeness (QED) is 0.600. The van der Waals surface area contributed by atoms with Crippen molar-refractivity contribution >= 4 is 34.3 Å². The van der Waals surface area contributed by atoms with Crippen LogP contribution in [0.25, 0.3) is 0 Å². The number of nitrogens with zero attached hydrogens (tertiary/aromatic N) is 1. The molecule has 1 heterocycles. The predicted molar refractivity (Wildman–Crippen MR) is 89.9 cm³/mol. The van der Waals surface area contributed by atoms with E-state index < -0.39 is 12.0 Å². The smallest absolute Gasteiger partial charge is 1.00 e. The van der Waals surface area contributed by atoms with E-state index in [4.69, 9.17) is 12.2 Å². The Bertz CT molecular complexity index is 563. The van der Waals surface area contributed by atoms with Crippen molar-refractivity contribution in [3.05, 3.63) is 28.8 Å². The fraction of sp³-hybridized carbons (Fsp3) is 0.467. The molecule has 22 heavy (non-hydrogen) atoms. The van der Waals surface area contributed by atoms with E-state index in [0.29, 0.717) is 22.2 Å². The van der Waals surface area contributed by atoms with E-state index in [9.17, 15) is 15.0 Å². The second-order valence-corrected chi connectivity index (χ2v) is 6.93. The molecule has 1 fully saturated rings. The van der Waals surface area contributed by atoms with Gasteiger partial charge in [0.15, 0.2) is 0 Å². The number of thiocarbonyl (C=S) groups is 1. The molecule has 1 atom stereocenters. The zero-order valence-corrected chi connectivity index (χ0v) is 16.8. The molecule has 1 aromatic carbocycles. The van der Waals surface area contributed by atoms with Gasteiger partial charge in [-0.05, 0) is 43.4 Å². The first-order valence-corrected chi connectivity index (χ1v) is 8.25. The number of benzene rings is 1. The van der Waals surface area contributed by atoms with Gasteiger partial charge in [-0.25, -0.2) is 4.79 Å². The van der Waals surface area contributed by atoms with Gasteiger partial charge in [-0.2, -0.15) is 0 Å². The van der Waals surface area contributed by atoms with Crippen molar-refractivity contribution in [2.24, 2.45) is 0 Å². The first kappa shape index (κ1) is 19.8. The number of rotatable bonds is 3. The fourth-order valence-corrected chi connectivity index (χ4v) is 3.84. The summed E-state index contributed by atoms with van der Waals surface area (Å²) in [6, 6.07) is 3.40. The van der Waals surface area contributed by atoms with E-state index >= 15 is 0 Å². The minimum absolute atomic E-state index is 0. The number of hydrogen-bond acceptors (Lipinski definition) is 4. The van der Waals surface area contributed by atoms with Gasteiger partial charge in [-0.1, -0.05) is 36.1 Å². The van der Waals surface area contributed by atoms with E-state index in [2.05, 4.69) is 0 Å². The minimum Gasteiger partial charge on any atom is -1.00 e. The number of phenols is 1. The molecule has 1 aliphatic rings. The summed E-state index contributed by atoms with van der Waals surface area (Å²) < 4.78 is 0.642. The number of likely N-dealkylation sites (tertiary alicyclic amines) is 1. The normalized spacial score (nSPS) is 17.2. The van der Waals surface area contributed by atoms with Crippen molar-refractivity contribution in [3.63, 3.8) is 0 Å². The van der Waals surface area contributed by atoms with Gasteiger partial charge >= 0.3 is 35.5 Å². The van der Waals surface area contributed by atoms with Crippen molar-refractivity contribution in [1.29, 1.82) is 0 Å². The number of hydrogen-bond donors (Lipinski definition) is 2. The van der Waals surface area contributed by atoms with Crippen molar-refractivity contribution in [2.45, 2.75) is 38.5 Å². The van der Waals surface area contributed by atoms with Crippen LogP contribution in [0.15, 0.2) is 12.1 Å². The van der Waals surface area contributed by atoms with Crippen molar-refractivity contribution in [2.75, 3.05) is 6.54 Å². The minimum atomic E-state index is -0.799. The number of carboxylic acid groups (broad SMARTS) is 1. The monoisotopic (exact) mass is 349 g/mol. The number of thioether (sulfide) groups is 1. The number of carboxylic acids is 1. The largest absolute Gasteiger partial charge is 1.00 e. The maximum Gasteiger partial charge on any atom is 1.00 e. The summed E-state index contributed by atoms with van der Waals surface area (Å²) in [5.41, 5.74) is 2.78. The molecular weight excluding hydrogens is 329 g/mol. The average molecular weight is 349 g/mol. The van der Waals surface area contributed by atoms with Gasteiger partial charge in [-0.3, -0.25) is 0 Å². The first-order chi connectivity index (χ1) is 9.90. The van der Waals surface area contributed by atoms with Gasteiger partial charge in [0, 0.05) is 12.3 Å². The molecule has 1 aliphatic heterocycles. The summed E-state index contributed by atoms with van der Waals surface area (Å²) in [6.07, 6.45) is 1.53.